The smallest absolute Gasteiger partial charge is 0.309 e. The highest BCUT2D eigenvalue weighted by atomic mass is 79.9. The van der Waals surface area contributed by atoms with Gasteiger partial charge in [-0.15, -0.1) is 17.0 Å². The minimum atomic E-state index is -1.61. The van der Waals surface area contributed by atoms with Crippen LogP contribution in [0, 0.1) is 5.92 Å². The van der Waals surface area contributed by atoms with E-state index in [0.29, 0.717) is 6.42 Å². The lowest BCUT2D eigenvalue weighted by molar-refractivity contribution is -0.269. The molecule has 0 aliphatic rings. The number of hydrogen-bond acceptors (Lipinski definition) is 6. The van der Waals surface area contributed by atoms with Crippen LogP contribution in [0.2, 0.25) is 0 Å². The number of unbranched alkanes of at least 4 members (excludes halogenated alkanes) is 22. The Morgan fingerprint density at radius 3 is 1.13 bits per heavy atom. The number of carbonyl (C=O) groups is 2. The van der Waals surface area contributed by atoms with Gasteiger partial charge in [-0.3, -0.25) is 9.59 Å². The predicted octanol–water partition coefficient (Wildman–Crippen LogP) is 14.0. The predicted molar refractivity (Wildman–Crippen MR) is 232 cm³/mol. The van der Waals surface area contributed by atoms with Crippen LogP contribution < -0.4 is 5.73 Å². The first-order chi connectivity index (χ1) is 25.1. The van der Waals surface area contributed by atoms with Gasteiger partial charge in [0.2, 0.25) is 0 Å². The summed E-state index contributed by atoms with van der Waals surface area (Å²) < 4.78 is 12.2. The molecule has 0 saturated carbocycles. The summed E-state index contributed by atoms with van der Waals surface area (Å²) in [6.07, 6.45) is 40.5. The molecule has 0 aliphatic heterocycles. The van der Waals surface area contributed by atoms with Gasteiger partial charge in [-0.2, -0.15) is 0 Å². The number of halogens is 1. The van der Waals surface area contributed by atoms with Gasteiger partial charge in [0.05, 0.1) is 12.0 Å². The summed E-state index contributed by atoms with van der Waals surface area (Å²) in [4.78, 5) is 26.5. The minimum Gasteiger partial charge on any atom is -0.422 e. The van der Waals surface area contributed by atoms with Gasteiger partial charge >= 0.3 is 11.9 Å². The van der Waals surface area contributed by atoms with Crippen molar-refractivity contribution >= 4 is 28.9 Å². The molecule has 0 saturated heterocycles. The third-order valence-corrected chi connectivity index (χ3v) is 10.4. The molecule has 0 heterocycles. The molecule has 2 unspecified atom stereocenters. The van der Waals surface area contributed by atoms with Gasteiger partial charge in [0.25, 0.3) is 5.79 Å². The van der Waals surface area contributed by atoms with Gasteiger partial charge < -0.3 is 20.3 Å². The number of esters is 2. The third-order valence-electron chi connectivity index (χ3n) is 10.4. The topological polar surface area (TPSA) is 98.8 Å². The molecular weight excluding hydrogens is 726 g/mol. The largest absolute Gasteiger partial charge is 0.422 e. The number of aliphatic hydroxyl groups excluding tert-OH is 1. The van der Waals surface area contributed by atoms with Crippen molar-refractivity contribution in [2.24, 2.45) is 11.7 Å². The maximum Gasteiger partial charge on any atom is 0.309 e. The molecular formula is C46H88BrNO5. The number of rotatable bonds is 37. The average Bonchev–Trinajstić information content (AvgIpc) is 3.10. The molecule has 0 aromatic carbocycles. The van der Waals surface area contributed by atoms with E-state index in [9.17, 15) is 14.7 Å². The van der Waals surface area contributed by atoms with Crippen LogP contribution in [0.25, 0.3) is 0 Å². The molecule has 0 spiro atoms. The first kappa shape index (κ1) is 53.9. The number of aliphatic hydroxyl groups is 1. The summed E-state index contributed by atoms with van der Waals surface area (Å²) in [5.41, 5.74) is 5.64. The number of carbonyl (C=O) groups excluding carboxylic acids is 2. The molecule has 0 aromatic rings. The molecule has 6 nitrogen and oxygen atoms in total. The van der Waals surface area contributed by atoms with Crippen LogP contribution in [-0.2, 0) is 19.1 Å². The lowest BCUT2D eigenvalue weighted by Gasteiger charge is -2.46. The second-order valence-electron chi connectivity index (χ2n) is 16.1. The van der Waals surface area contributed by atoms with Crippen LogP contribution in [0.5, 0.6) is 0 Å². The molecule has 314 valence electrons. The van der Waals surface area contributed by atoms with E-state index in [1.54, 1.807) is 13.8 Å². The second-order valence-corrected chi connectivity index (χ2v) is 16.1. The molecule has 0 rings (SSSR count). The Hall–Kier alpha value is -1.18. The van der Waals surface area contributed by atoms with E-state index < -0.39 is 35.3 Å². The van der Waals surface area contributed by atoms with Crippen molar-refractivity contribution in [1.82, 2.24) is 0 Å². The molecule has 7 heteroatoms. The molecule has 0 amide bonds. The van der Waals surface area contributed by atoms with Crippen molar-refractivity contribution in [1.29, 1.82) is 0 Å². The first-order valence-electron chi connectivity index (χ1n) is 22.3. The van der Waals surface area contributed by atoms with E-state index >= 15 is 0 Å². The van der Waals surface area contributed by atoms with Crippen molar-refractivity contribution in [3.05, 3.63) is 24.3 Å². The summed E-state index contributed by atoms with van der Waals surface area (Å²) in [5, 5.41) is 11.1. The maximum absolute atomic E-state index is 13.2. The molecule has 3 N–H and O–H groups in total. The number of nitrogens with two attached hydrogens (primary N) is 1. The molecule has 0 fully saturated rings. The van der Waals surface area contributed by atoms with Crippen LogP contribution in [0.1, 0.15) is 234 Å². The summed E-state index contributed by atoms with van der Waals surface area (Å²) in [6.45, 7) is 11.8. The summed E-state index contributed by atoms with van der Waals surface area (Å²) in [5.74, 6) is -3.16. The van der Waals surface area contributed by atoms with Crippen LogP contribution in [-0.4, -0.2) is 34.5 Å². The minimum absolute atomic E-state index is 0. The number of ether oxygens (including phenoxy) is 2. The van der Waals surface area contributed by atoms with Crippen molar-refractivity contribution in [3.8, 4) is 0 Å². The monoisotopic (exact) mass is 814 g/mol. The normalized spacial score (nSPS) is 14.3. The van der Waals surface area contributed by atoms with Crippen molar-refractivity contribution in [2.45, 2.75) is 252 Å². The van der Waals surface area contributed by atoms with E-state index in [1.807, 2.05) is 13.8 Å². The van der Waals surface area contributed by atoms with Crippen molar-refractivity contribution in [3.63, 3.8) is 0 Å². The van der Waals surface area contributed by atoms with Gasteiger partial charge in [0, 0.05) is 24.8 Å². The van der Waals surface area contributed by atoms with Gasteiger partial charge in [-0.05, 0) is 84.5 Å². The highest BCUT2D eigenvalue weighted by molar-refractivity contribution is 8.93. The Balaban J connectivity index is 0. The van der Waals surface area contributed by atoms with Gasteiger partial charge in [0.1, 0.15) is 0 Å². The summed E-state index contributed by atoms with van der Waals surface area (Å²) in [7, 11) is 0. The zero-order valence-corrected chi connectivity index (χ0v) is 37.5. The molecule has 0 aromatic heterocycles. The van der Waals surface area contributed by atoms with Gasteiger partial charge in [0.15, 0.2) is 0 Å². The van der Waals surface area contributed by atoms with E-state index in [-0.39, 0.29) is 36.2 Å². The maximum atomic E-state index is 13.2. The fourth-order valence-corrected chi connectivity index (χ4v) is 7.27. The zero-order chi connectivity index (χ0) is 38.8. The van der Waals surface area contributed by atoms with E-state index in [2.05, 4.69) is 38.2 Å². The number of hydrogen-bond donors (Lipinski definition) is 2. The van der Waals surface area contributed by atoms with Crippen LogP contribution in [0.3, 0.4) is 0 Å². The van der Waals surface area contributed by atoms with E-state index in [4.69, 9.17) is 15.2 Å². The summed E-state index contributed by atoms with van der Waals surface area (Å²) in [6, 6.07) is 0. The standard InChI is InChI=1S/C46H87NO5.BrH/c1-7-11-13-15-17-19-21-23-25-27-29-31-33-35-37-39-42(49)51-46(10-4,44(41(48)9-3)45(5,6)47)52-43(50)40-38-36-34-32-30-28-26-24-22-20-18-16-14-12-8-2;/h23-26,41,44,48H,7-22,27-40,47H2,1-6H3;1H. The van der Waals surface area contributed by atoms with Crippen molar-refractivity contribution in [2.75, 3.05) is 0 Å². The van der Waals surface area contributed by atoms with Crippen LogP contribution >= 0.6 is 17.0 Å². The third kappa shape index (κ3) is 29.7. The molecule has 0 aliphatic carbocycles. The van der Waals surface area contributed by atoms with Crippen molar-refractivity contribution < 1.29 is 24.2 Å². The Bertz CT molecular complexity index is 845. The Kier molecular flexibility index (Phi) is 37.1. The highest BCUT2D eigenvalue weighted by Crippen LogP contribution is 2.39. The first-order valence-corrected chi connectivity index (χ1v) is 22.3. The summed E-state index contributed by atoms with van der Waals surface area (Å²) >= 11 is 0. The zero-order valence-electron chi connectivity index (χ0n) is 35.7. The van der Waals surface area contributed by atoms with Gasteiger partial charge in [-0.1, -0.05) is 155 Å². The fraction of sp³-hybridized carbons (Fsp3) is 0.870. The lowest BCUT2D eigenvalue weighted by atomic mass is 9.75. The molecule has 0 radical (unpaired) electrons. The fourth-order valence-electron chi connectivity index (χ4n) is 7.27. The Morgan fingerprint density at radius 1 is 0.547 bits per heavy atom. The lowest BCUT2D eigenvalue weighted by Crippen LogP contribution is -2.61. The van der Waals surface area contributed by atoms with E-state index in [0.717, 1.165) is 64.2 Å². The molecule has 53 heavy (non-hydrogen) atoms. The number of allylic oxidation sites excluding steroid dienone is 4. The second kappa shape index (κ2) is 36.5. The SMILES string of the molecule is Br.CCCCCCCCC=CCCCCCCCC(=O)OC(CC)(OC(=O)CCCCCCCC=CCCCCCCCC)C(C(O)CC)C(C)(C)N. The van der Waals surface area contributed by atoms with E-state index in [1.165, 1.54) is 103 Å². The van der Waals surface area contributed by atoms with Crippen LogP contribution in [0.15, 0.2) is 24.3 Å². The Labute approximate surface area is 339 Å². The molecule has 0 bridgehead atoms. The molecule has 2 atom stereocenters. The average molecular weight is 815 g/mol. The van der Waals surface area contributed by atoms with Gasteiger partial charge in [-0.25, -0.2) is 0 Å². The quantitative estimate of drug-likeness (QED) is 0.0280. The Morgan fingerprint density at radius 2 is 0.849 bits per heavy atom. The van der Waals surface area contributed by atoms with Crippen LogP contribution in [0.4, 0.5) is 0 Å². The highest BCUT2D eigenvalue weighted by Gasteiger charge is 2.53.